The summed E-state index contributed by atoms with van der Waals surface area (Å²) >= 11 is 1.88. The molecule has 2 aliphatic rings. The average Bonchev–Trinajstić information content (AvgIpc) is 3.13. The molecule has 3 nitrogen and oxygen atoms in total. The van der Waals surface area contributed by atoms with Gasteiger partial charge in [0, 0.05) is 23.5 Å². The van der Waals surface area contributed by atoms with Crippen LogP contribution < -0.4 is 14.8 Å². The van der Waals surface area contributed by atoms with Crippen molar-refractivity contribution in [3.63, 3.8) is 0 Å². The second-order valence-corrected chi connectivity index (χ2v) is 9.35. The van der Waals surface area contributed by atoms with Gasteiger partial charge < -0.3 is 10.1 Å². The highest BCUT2D eigenvalue weighted by Crippen LogP contribution is 2.27. The molecule has 1 aromatic carbocycles. The molecule has 4 heteroatoms. The van der Waals surface area contributed by atoms with E-state index >= 15 is 0 Å². The van der Waals surface area contributed by atoms with Gasteiger partial charge in [-0.3, -0.25) is 4.72 Å². The summed E-state index contributed by atoms with van der Waals surface area (Å²) < 4.78 is 9.67. The van der Waals surface area contributed by atoms with Gasteiger partial charge in [-0.05, 0) is 81.5 Å². The summed E-state index contributed by atoms with van der Waals surface area (Å²) in [4.78, 5) is 0. The van der Waals surface area contributed by atoms with E-state index in [1.807, 2.05) is 11.9 Å². The minimum Gasteiger partial charge on any atom is -0.490 e. The monoisotopic (exact) mass is 362 g/mol. The maximum Gasteiger partial charge on any atom is 0.119 e. The van der Waals surface area contributed by atoms with E-state index in [0.717, 1.165) is 18.2 Å². The van der Waals surface area contributed by atoms with E-state index in [1.54, 1.807) is 0 Å². The van der Waals surface area contributed by atoms with Crippen LogP contribution in [0.15, 0.2) is 24.3 Å². The quantitative estimate of drug-likeness (QED) is 0.588. The first-order chi connectivity index (χ1) is 12.2. The van der Waals surface area contributed by atoms with Gasteiger partial charge in [0.25, 0.3) is 0 Å². The Morgan fingerprint density at radius 2 is 1.68 bits per heavy atom. The molecular formula is C21H34N2OS. The maximum atomic E-state index is 6.04. The Kier molecular flexibility index (Phi) is 7.35. The largest absolute Gasteiger partial charge is 0.490 e. The molecular weight excluding hydrogens is 328 g/mol. The van der Waals surface area contributed by atoms with Crippen LogP contribution in [0, 0.1) is 5.92 Å². The molecule has 3 rings (SSSR count). The second kappa shape index (κ2) is 9.72. The van der Waals surface area contributed by atoms with Gasteiger partial charge in [-0.1, -0.05) is 25.8 Å². The highest BCUT2D eigenvalue weighted by atomic mass is 32.2. The standard InChI is InChI=1S/C21H34N2OS/c1-16(2)25-23-19-9-7-17(8-10-19)15-22-18-11-13-21(14-12-18)24-20-5-3-4-6-20/h11-14,16-17,19-20,22-23H,3-10,15H2,1-2H3/t17-,19-. The summed E-state index contributed by atoms with van der Waals surface area (Å²) in [5, 5.41) is 4.29. The molecule has 2 fully saturated rings. The third-order valence-electron chi connectivity index (χ3n) is 5.37. The van der Waals surface area contributed by atoms with Crippen LogP contribution in [-0.4, -0.2) is 23.9 Å². The Hall–Kier alpha value is -0.870. The Labute approximate surface area is 157 Å². The van der Waals surface area contributed by atoms with Crippen molar-refractivity contribution in [1.29, 1.82) is 0 Å². The molecule has 0 aliphatic heterocycles. The van der Waals surface area contributed by atoms with Crippen molar-refractivity contribution in [2.24, 2.45) is 5.92 Å². The molecule has 0 aromatic heterocycles. The van der Waals surface area contributed by atoms with E-state index in [0.29, 0.717) is 17.4 Å². The van der Waals surface area contributed by atoms with E-state index < -0.39 is 0 Å². The van der Waals surface area contributed by atoms with Crippen LogP contribution in [0.25, 0.3) is 0 Å². The second-order valence-electron chi connectivity index (χ2n) is 7.93. The summed E-state index contributed by atoms with van der Waals surface area (Å²) in [6.07, 6.45) is 10.8. The van der Waals surface area contributed by atoms with E-state index in [1.165, 1.54) is 57.1 Å². The zero-order chi connectivity index (χ0) is 17.5. The van der Waals surface area contributed by atoms with E-state index in [2.05, 4.69) is 48.2 Å². The Morgan fingerprint density at radius 3 is 2.32 bits per heavy atom. The molecule has 25 heavy (non-hydrogen) atoms. The van der Waals surface area contributed by atoms with Gasteiger partial charge in [0.2, 0.25) is 0 Å². The highest BCUT2D eigenvalue weighted by Gasteiger charge is 2.21. The van der Waals surface area contributed by atoms with Gasteiger partial charge in [0.05, 0.1) is 6.10 Å². The topological polar surface area (TPSA) is 33.3 Å². The van der Waals surface area contributed by atoms with Crippen LogP contribution in [0.3, 0.4) is 0 Å². The van der Waals surface area contributed by atoms with Crippen molar-refractivity contribution in [3.8, 4) is 5.75 Å². The molecule has 0 atom stereocenters. The number of anilines is 1. The fourth-order valence-electron chi connectivity index (χ4n) is 3.83. The zero-order valence-electron chi connectivity index (χ0n) is 15.8. The summed E-state index contributed by atoms with van der Waals surface area (Å²) in [5.41, 5.74) is 1.22. The molecule has 0 unspecified atom stereocenters. The molecule has 0 spiro atoms. The van der Waals surface area contributed by atoms with Crippen molar-refractivity contribution in [2.75, 3.05) is 11.9 Å². The predicted molar refractivity (Wildman–Crippen MR) is 109 cm³/mol. The number of ether oxygens (including phenoxy) is 1. The molecule has 140 valence electrons. The molecule has 0 radical (unpaired) electrons. The van der Waals surface area contributed by atoms with Gasteiger partial charge in [0.15, 0.2) is 0 Å². The lowest BCUT2D eigenvalue weighted by molar-refractivity contribution is 0.210. The summed E-state index contributed by atoms with van der Waals surface area (Å²) in [5.74, 6) is 1.82. The fourth-order valence-corrected chi connectivity index (χ4v) is 4.53. The third kappa shape index (κ3) is 6.41. The molecule has 0 amide bonds. The van der Waals surface area contributed by atoms with Crippen LogP contribution in [0.1, 0.15) is 65.2 Å². The first-order valence-corrected chi connectivity index (χ1v) is 11.0. The van der Waals surface area contributed by atoms with Crippen LogP contribution in [0.2, 0.25) is 0 Å². The molecule has 2 aliphatic carbocycles. The maximum absolute atomic E-state index is 6.04. The summed E-state index contributed by atoms with van der Waals surface area (Å²) in [6.45, 7) is 5.58. The molecule has 0 heterocycles. The van der Waals surface area contributed by atoms with Crippen molar-refractivity contribution in [3.05, 3.63) is 24.3 Å². The first-order valence-electron chi connectivity index (χ1n) is 10.1. The van der Waals surface area contributed by atoms with Crippen molar-refractivity contribution >= 4 is 17.6 Å². The third-order valence-corrected chi connectivity index (χ3v) is 6.31. The van der Waals surface area contributed by atoms with Crippen molar-refractivity contribution in [1.82, 2.24) is 4.72 Å². The van der Waals surface area contributed by atoms with Gasteiger partial charge in [-0.25, -0.2) is 0 Å². The number of hydrogen-bond donors (Lipinski definition) is 2. The molecule has 2 N–H and O–H groups in total. The average molecular weight is 363 g/mol. The smallest absolute Gasteiger partial charge is 0.119 e. The van der Waals surface area contributed by atoms with Gasteiger partial charge in [-0.15, -0.1) is 0 Å². The first kappa shape index (κ1) is 18.9. The highest BCUT2D eigenvalue weighted by molar-refractivity contribution is 7.98. The Balaban J connectivity index is 1.34. The number of rotatable bonds is 8. The van der Waals surface area contributed by atoms with Gasteiger partial charge in [-0.2, -0.15) is 0 Å². The normalized spacial score (nSPS) is 24.6. The van der Waals surface area contributed by atoms with Crippen molar-refractivity contribution in [2.45, 2.75) is 82.6 Å². The Bertz CT molecular complexity index is 491. The summed E-state index contributed by atoms with van der Waals surface area (Å²) in [7, 11) is 0. The minimum atomic E-state index is 0.441. The minimum absolute atomic E-state index is 0.441. The zero-order valence-corrected chi connectivity index (χ0v) is 16.6. The van der Waals surface area contributed by atoms with Gasteiger partial charge in [0.1, 0.15) is 5.75 Å². The lowest BCUT2D eigenvalue weighted by Gasteiger charge is -2.29. The van der Waals surface area contributed by atoms with E-state index in [-0.39, 0.29) is 0 Å². The number of hydrogen-bond acceptors (Lipinski definition) is 4. The molecule has 2 saturated carbocycles. The molecule has 1 aromatic rings. The lowest BCUT2D eigenvalue weighted by atomic mass is 9.86. The predicted octanol–water partition coefficient (Wildman–Crippen LogP) is 5.62. The van der Waals surface area contributed by atoms with Crippen LogP contribution in [-0.2, 0) is 0 Å². The van der Waals surface area contributed by atoms with Crippen molar-refractivity contribution < 1.29 is 4.74 Å². The van der Waals surface area contributed by atoms with Crippen LogP contribution in [0.4, 0.5) is 5.69 Å². The number of nitrogens with one attached hydrogen (secondary N) is 2. The van der Waals surface area contributed by atoms with E-state index in [9.17, 15) is 0 Å². The van der Waals surface area contributed by atoms with Crippen LogP contribution >= 0.6 is 11.9 Å². The number of benzene rings is 1. The molecule has 0 bridgehead atoms. The SMILES string of the molecule is CC(C)SN[C@H]1CC[C@H](CNc2ccc(OC3CCCC3)cc2)CC1. The van der Waals surface area contributed by atoms with Gasteiger partial charge >= 0.3 is 0 Å². The van der Waals surface area contributed by atoms with E-state index in [4.69, 9.17) is 4.74 Å². The Morgan fingerprint density at radius 1 is 1.00 bits per heavy atom. The fraction of sp³-hybridized carbons (Fsp3) is 0.714. The lowest BCUT2D eigenvalue weighted by Crippen LogP contribution is -2.31. The molecule has 0 saturated heterocycles. The van der Waals surface area contributed by atoms with Crippen LogP contribution in [0.5, 0.6) is 5.75 Å². The summed E-state index contributed by atoms with van der Waals surface area (Å²) in [6, 6.07) is 9.26.